The number of anilines is 1. The van der Waals surface area contributed by atoms with Crippen molar-refractivity contribution in [2.75, 3.05) is 5.32 Å². The lowest BCUT2D eigenvalue weighted by molar-refractivity contribution is -0.161. The molecular weight excluding hydrogens is 362 g/mol. The van der Waals surface area contributed by atoms with Crippen LogP contribution in [-0.4, -0.2) is 27.7 Å². The quantitative estimate of drug-likeness (QED) is 0.643. The van der Waals surface area contributed by atoms with Crippen LogP contribution in [0.5, 0.6) is 0 Å². The van der Waals surface area contributed by atoms with E-state index in [9.17, 15) is 9.59 Å². The topological polar surface area (TPSA) is 81.2 Å². The fourth-order valence-electron chi connectivity index (χ4n) is 3.76. The van der Waals surface area contributed by atoms with Crippen LogP contribution in [0.25, 0.3) is 0 Å². The van der Waals surface area contributed by atoms with Crippen molar-refractivity contribution in [2.45, 2.75) is 91.6 Å². The lowest BCUT2D eigenvalue weighted by atomic mass is 9.75. The van der Waals surface area contributed by atoms with Gasteiger partial charge in [0.25, 0.3) is 0 Å². The second-order valence-corrected chi connectivity index (χ2v) is 9.58. The van der Waals surface area contributed by atoms with E-state index in [2.05, 4.69) is 22.4 Å². The Morgan fingerprint density at radius 2 is 1.89 bits per heavy atom. The summed E-state index contributed by atoms with van der Waals surface area (Å²) in [5.74, 6) is -0.463. The van der Waals surface area contributed by atoms with E-state index in [0.29, 0.717) is 11.6 Å². The molecule has 7 heteroatoms. The zero-order chi connectivity index (χ0) is 20.1. The number of amides is 1. The number of nitrogens with zero attached hydrogens (tertiary/aromatic N) is 2. The Morgan fingerprint density at radius 3 is 2.41 bits per heavy atom. The molecule has 1 N–H and O–H groups in total. The van der Waals surface area contributed by atoms with Gasteiger partial charge in [-0.1, -0.05) is 44.4 Å². The van der Waals surface area contributed by atoms with Crippen molar-refractivity contribution in [3.8, 4) is 0 Å². The number of carbonyl (C=O) groups is 2. The van der Waals surface area contributed by atoms with Crippen LogP contribution in [-0.2, 0) is 20.7 Å². The molecule has 1 heterocycles. The van der Waals surface area contributed by atoms with Crippen molar-refractivity contribution in [1.82, 2.24) is 10.2 Å². The molecule has 0 aliphatic heterocycles. The third-order valence-electron chi connectivity index (χ3n) is 5.05. The molecular formula is C20H33N3O3S. The number of carbonyl (C=O) groups excluding carboxylic acids is 2. The average Bonchev–Trinajstić information content (AvgIpc) is 3.23. The maximum absolute atomic E-state index is 13.2. The van der Waals surface area contributed by atoms with Crippen molar-refractivity contribution >= 4 is 28.3 Å². The second kappa shape index (κ2) is 9.13. The number of ether oxygens (including phenoxy) is 1. The third-order valence-corrected chi connectivity index (χ3v) is 6.03. The molecule has 0 radical (unpaired) electrons. The number of nitrogens with one attached hydrogen (secondary N) is 1. The highest BCUT2D eigenvalue weighted by atomic mass is 32.1. The standard InChI is InChI=1S/C20H33N3O3S/c1-6-10-14(16(24)26-19(3,4)5)13-20(11-8-9-12-20)17(25)21-18-23-22-15(7-2)27-18/h14H,6-13H2,1-5H3,(H,21,23,25)/t14-/m1/s1. The van der Waals surface area contributed by atoms with Crippen molar-refractivity contribution in [3.05, 3.63) is 5.01 Å². The first-order valence-electron chi connectivity index (χ1n) is 10.1. The van der Waals surface area contributed by atoms with Crippen molar-refractivity contribution < 1.29 is 14.3 Å². The van der Waals surface area contributed by atoms with E-state index in [-0.39, 0.29) is 17.8 Å². The summed E-state index contributed by atoms with van der Waals surface area (Å²) >= 11 is 1.42. The van der Waals surface area contributed by atoms with Gasteiger partial charge in [-0.05, 0) is 52.9 Å². The Labute approximate surface area is 166 Å². The normalized spacial score (nSPS) is 17.5. The van der Waals surface area contributed by atoms with Crippen LogP contribution >= 0.6 is 11.3 Å². The Balaban J connectivity index is 2.14. The van der Waals surface area contributed by atoms with Crippen LogP contribution in [0.2, 0.25) is 0 Å². The molecule has 27 heavy (non-hydrogen) atoms. The van der Waals surface area contributed by atoms with E-state index in [1.54, 1.807) is 0 Å². The number of rotatable bonds is 8. The largest absolute Gasteiger partial charge is 0.460 e. The average molecular weight is 396 g/mol. The molecule has 1 aliphatic carbocycles. The number of aromatic nitrogens is 2. The smallest absolute Gasteiger partial charge is 0.309 e. The van der Waals surface area contributed by atoms with Crippen molar-refractivity contribution in [2.24, 2.45) is 11.3 Å². The summed E-state index contributed by atoms with van der Waals surface area (Å²) in [5.41, 5.74) is -1.04. The predicted octanol–water partition coefficient (Wildman–Crippen LogP) is 4.75. The first kappa shape index (κ1) is 21.8. The first-order valence-corrected chi connectivity index (χ1v) is 10.9. The number of esters is 1. The highest BCUT2D eigenvalue weighted by Crippen LogP contribution is 2.45. The summed E-state index contributed by atoms with van der Waals surface area (Å²) in [6.45, 7) is 9.72. The van der Waals surface area contributed by atoms with Gasteiger partial charge < -0.3 is 10.1 Å². The van der Waals surface area contributed by atoms with E-state index >= 15 is 0 Å². The minimum absolute atomic E-state index is 0.0246. The minimum Gasteiger partial charge on any atom is -0.460 e. The summed E-state index contributed by atoms with van der Waals surface area (Å²) in [6, 6.07) is 0. The zero-order valence-electron chi connectivity index (χ0n) is 17.3. The molecule has 1 saturated carbocycles. The molecule has 6 nitrogen and oxygen atoms in total. The molecule has 1 amide bonds. The van der Waals surface area contributed by atoms with Gasteiger partial charge in [-0.3, -0.25) is 9.59 Å². The van der Waals surface area contributed by atoms with Gasteiger partial charge in [0.15, 0.2) is 0 Å². The van der Waals surface area contributed by atoms with E-state index in [1.165, 1.54) is 11.3 Å². The molecule has 0 bridgehead atoms. The second-order valence-electron chi connectivity index (χ2n) is 8.52. The fraction of sp³-hybridized carbons (Fsp3) is 0.800. The molecule has 0 saturated heterocycles. The molecule has 2 rings (SSSR count). The van der Waals surface area contributed by atoms with Gasteiger partial charge in [-0.15, -0.1) is 10.2 Å². The lowest BCUT2D eigenvalue weighted by Gasteiger charge is -2.32. The van der Waals surface area contributed by atoms with Gasteiger partial charge >= 0.3 is 5.97 Å². The Kier molecular flexibility index (Phi) is 7.37. The number of aryl methyl sites for hydroxylation is 1. The summed E-state index contributed by atoms with van der Waals surface area (Å²) in [5, 5.41) is 12.6. The van der Waals surface area contributed by atoms with Gasteiger partial charge in [0, 0.05) is 0 Å². The maximum atomic E-state index is 13.2. The SMILES string of the molecule is CCC[C@H](CC1(C(=O)Nc2nnc(CC)s2)CCCC1)C(=O)OC(C)(C)C. The first-order chi connectivity index (χ1) is 12.7. The fourth-order valence-corrected chi connectivity index (χ4v) is 4.44. The van der Waals surface area contributed by atoms with E-state index < -0.39 is 11.0 Å². The Hall–Kier alpha value is -1.50. The highest BCUT2D eigenvalue weighted by molar-refractivity contribution is 7.15. The van der Waals surface area contributed by atoms with Crippen molar-refractivity contribution in [3.63, 3.8) is 0 Å². The summed E-state index contributed by atoms with van der Waals surface area (Å²) in [4.78, 5) is 25.9. The monoisotopic (exact) mass is 395 g/mol. The summed E-state index contributed by atoms with van der Waals surface area (Å²) < 4.78 is 5.63. The lowest BCUT2D eigenvalue weighted by Crippen LogP contribution is -2.38. The van der Waals surface area contributed by atoms with Crippen LogP contribution in [0.1, 0.15) is 84.6 Å². The maximum Gasteiger partial charge on any atom is 0.309 e. The van der Waals surface area contributed by atoms with Crippen LogP contribution in [0.4, 0.5) is 5.13 Å². The number of hydrogen-bond donors (Lipinski definition) is 1. The molecule has 1 atom stereocenters. The molecule has 0 spiro atoms. The minimum atomic E-state index is -0.519. The van der Waals surface area contributed by atoms with Crippen molar-refractivity contribution in [1.29, 1.82) is 0 Å². The van der Waals surface area contributed by atoms with Gasteiger partial charge in [0.2, 0.25) is 11.0 Å². The molecule has 1 fully saturated rings. The van der Waals surface area contributed by atoms with Gasteiger partial charge in [-0.2, -0.15) is 0 Å². The van der Waals surface area contributed by atoms with E-state index in [1.807, 2.05) is 27.7 Å². The van der Waals surface area contributed by atoms with Crippen LogP contribution in [0, 0.1) is 11.3 Å². The summed E-state index contributed by atoms with van der Waals surface area (Å²) in [7, 11) is 0. The van der Waals surface area contributed by atoms with E-state index in [0.717, 1.165) is 50.0 Å². The van der Waals surface area contributed by atoms with Gasteiger partial charge in [0.1, 0.15) is 10.6 Å². The molecule has 0 unspecified atom stereocenters. The predicted molar refractivity (Wildman–Crippen MR) is 108 cm³/mol. The molecule has 152 valence electrons. The van der Waals surface area contributed by atoms with Crippen LogP contribution < -0.4 is 5.32 Å². The molecule has 1 aromatic rings. The molecule has 1 aliphatic rings. The summed E-state index contributed by atoms with van der Waals surface area (Å²) in [6.07, 6.45) is 6.61. The molecule has 1 aromatic heterocycles. The highest BCUT2D eigenvalue weighted by Gasteiger charge is 2.44. The van der Waals surface area contributed by atoms with Crippen LogP contribution in [0.3, 0.4) is 0 Å². The van der Waals surface area contributed by atoms with E-state index in [4.69, 9.17) is 4.74 Å². The van der Waals surface area contributed by atoms with Gasteiger partial charge in [0.05, 0.1) is 11.3 Å². The third kappa shape index (κ3) is 5.99. The Bertz CT molecular complexity index is 645. The van der Waals surface area contributed by atoms with Gasteiger partial charge in [-0.25, -0.2) is 0 Å². The molecule has 0 aromatic carbocycles. The Morgan fingerprint density at radius 1 is 1.22 bits per heavy atom. The number of hydrogen-bond acceptors (Lipinski definition) is 6. The zero-order valence-corrected chi connectivity index (χ0v) is 18.1. The van der Waals surface area contributed by atoms with Crippen LogP contribution in [0.15, 0.2) is 0 Å².